The van der Waals surface area contributed by atoms with Gasteiger partial charge in [-0.1, -0.05) is 0 Å². The third kappa shape index (κ3) is 2.66. The van der Waals surface area contributed by atoms with Crippen molar-refractivity contribution in [1.29, 1.82) is 0 Å². The first-order valence-corrected chi connectivity index (χ1v) is 6.19. The molecule has 0 amide bonds. The molecule has 84 valence electrons. The second kappa shape index (κ2) is 4.57. The molecule has 0 aliphatic carbocycles. The van der Waals surface area contributed by atoms with Gasteiger partial charge in [0, 0.05) is 27.7 Å². The summed E-state index contributed by atoms with van der Waals surface area (Å²) in [6, 6.07) is 0. The monoisotopic (exact) mass is 221 g/mol. The van der Waals surface area contributed by atoms with E-state index in [4.69, 9.17) is 0 Å². The van der Waals surface area contributed by atoms with Gasteiger partial charge in [0.05, 0.1) is 0 Å². The molecule has 1 saturated heterocycles. The second-order valence-corrected chi connectivity index (χ2v) is 6.18. The van der Waals surface area contributed by atoms with Crippen molar-refractivity contribution in [1.82, 2.24) is 13.9 Å². The number of nitrogens with one attached hydrogen (secondary N) is 1. The van der Waals surface area contributed by atoms with E-state index in [1.807, 2.05) is 0 Å². The molecular formula is C8H19N3O2S. The third-order valence-corrected chi connectivity index (χ3v) is 4.39. The number of nitrogens with zero attached hydrogens (tertiary/aromatic N) is 2. The van der Waals surface area contributed by atoms with Gasteiger partial charge in [0.1, 0.15) is 0 Å². The fourth-order valence-electron chi connectivity index (χ4n) is 1.61. The molecule has 0 spiro atoms. The standard InChI is InChI=1S/C8H19N3O2S/c1-10(2)14(12,13)11(3)7-8-4-5-9-6-8/h8-9H,4-7H2,1-3H3. The summed E-state index contributed by atoms with van der Waals surface area (Å²) in [7, 11) is 1.52. The fraction of sp³-hybridized carbons (Fsp3) is 1.00. The van der Waals surface area contributed by atoms with Crippen molar-refractivity contribution in [2.75, 3.05) is 40.8 Å². The van der Waals surface area contributed by atoms with Crippen LogP contribution in [0.1, 0.15) is 6.42 Å². The number of rotatable bonds is 4. The molecule has 1 fully saturated rings. The maximum Gasteiger partial charge on any atom is 0.281 e. The summed E-state index contributed by atoms with van der Waals surface area (Å²) in [4.78, 5) is 0. The molecule has 1 unspecified atom stereocenters. The van der Waals surface area contributed by atoms with E-state index in [0.29, 0.717) is 12.5 Å². The van der Waals surface area contributed by atoms with E-state index in [1.54, 1.807) is 21.1 Å². The predicted molar refractivity (Wildman–Crippen MR) is 56.2 cm³/mol. The Bertz CT molecular complexity index is 270. The van der Waals surface area contributed by atoms with E-state index >= 15 is 0 Å². The second-order valence-electron chi connectivity index (χ2n) is 3.93. The first-order valence-electron chi connectivity index (χ1n) is 4.79. The maximum absolute atomic E-state index is 11.6. The molecule has 0 aromatic rings. The summed E-state index contributed by atoms with van der Waals surface area (Å²) < 4.78 is 26.0. The molecule has 0 radical (unpaired) electrons. The van der Waals surface area contributed by atoms with E-state index < -0.39 is 10.2 Å². The average molecular weight is 221 g/mol. The largest absolute Gasteiger partial charge is 0.316 e. The minimum absolute atomic E-state index is 0.453. The molecule has 1 heterocycles. The minimum atomic E-state index is -3.23. The Kier molecular flexibility index (Phi) is 3.88. The van der Waals surface area contributed by atoms with Gasteiger partial charge in [-0.2, -0.15) is 17.0 Å². The van der Waals surface area contributed by atoms with Crippen LogP contribution in [0, 0.1) is 5.92 Å². The van der Waals surface area contributed by atoms with Crippen LogP contribution < -0.4 is 5.32 Å². The van der Waals surface area contributed by atoms with Crippen molar-refractivity contribution in [3.63, 3.8) is 0 Å². The van der Waals surface area contributed by atoms with E-state index in [1.165, 1.54) is 8.61 Å². The normalized spacial score (nSPS) is 23.6. The summed E-state index contributed by atoms with van der Waals surface area (Å²) in [6.45, 7) is 2.53. The van der Waals surface area contributed by atoms with E-state index in [0.717, 1.165) is 19.5 Å². The van der Waals surface area contributed by atoms with Crippen molar-refractivity contribution in [2.45, 2.75) is 6.42 Å². The van der Waals surface area contributed by atoms with Crippen LogP contribution in [-0.2, 0) is 10.2 Å². The van der Waals surface area contributed by atoms with Crippen LogP contribution >= 0.6 is 0 Å². The lowest BCUT2D eigenvalue weighted by Crippen LogP contribution is -2.40. The molecule has 1 N–H and O–H groups in total. The average Bonchev–Trinajstić information content (AvgIpc) is 2.56. The van der Waals surface area contributed by atoms with Crippen LogP contribution in [0.25, 0.3) is 0 Å². The Balaban J connectivity index is 2.52. The SMILES string of the molecule is CN(C)S(=O)(=O)N(C)CC1CCNC1. The zero-order valence-corrected chi connectivity index (χ0v) is 9.84. The van der Waals surface area contributed by atoms with Gasteiger partial charge in [-0.25, -0.2) is 0 Å². The third-order valence-electron chi connectivity index (χ3n) is 2.53. The lowest BCUT2D eigenvalue weighted by Gasteiger charge is -2.23. The van der Waals surface area contributed by atoms with Crippen LogP contribution in [0.3, 0.4) is 0 Å². The molecule has 1 atom stereocenters. The van der Waals surface area contributed by atoms with Gasteiger partial charge in [-0.05, 0) is 25.4 Å². The Morgan fingerprint density at radius 2 is 2.00 bits per heavy atom. The van der Waals surface area contributed by atoms with Gasteiger partial charge in [0.2, 0.25) is 0 Å². The predicted octanol–water partition coefficient (Wildman–Crippen LogP) is -0.666. The van der Waals surface area contributed by atoms with Gasteiger partial charge in [-0.15, -0.1) is 0 Å². The van der Waals surface area contributed by atoms with Gasteiger partial charge in [0.25, 0.3) is 10.2 Å². The summed E-state index contributed by atoms with van der Waals surface area (Å²) in [5.41, 5.74) is 0. The Hall–Kier alpha value is -0.170. The highest BCUT2D eigenvalue weighted by Gasteiger charge is 2.24. The molecule has 0 saturated carbocycles. The quantitative estimate of drug-likeness (QED) is 0.685. The van der Waals surface area contributed by atoms with Gasteiger partial charge < -0.3 is 5.32 Å². The van der Waals surface area contributed by atoms with Crippen molar-refractivity contribution >= 4 is 10.2 Å². The van der Waals surface area contributed by atoms with Gasteiger partial charge in [0.15, 0.2) is 0 Å². The Morgan fingerprint density at radius 3 is 2.43 bits per heavy atom. The highest BCUT2D eigenvalue weighted by atomic mass is 32.2. The maximum atomic E-state index is 11.6. The van der Waals surface area contributed by atoms with Crippen LogP contribution in [0.5, 0.6) is 0 Å². The van der Waals surface area contributed by atoms with Crippen molar-refractivity contribution in [3.05, 3.63) is 0 Å². The summed E-state index contributed by atoms with van der Waals surface area (Å²) in [6.07, 6.45) is 1.06. The van der Waals surface area contributed by atoms with Crippen molar-refractivity contribution in [2.24, 2.45) is 5.92 Å². The summed E-state index contributed by atoms with van der Waals surface area (Å²) in [5, 5.41) is 3.22. The zero-order chi connectivity index (χ0) is 10.8. The lowest BCUT2D eigenvalue weighted by molar-refractivity contribution is 0.371. The number of hydrogen-bond acceptors (Lipinski definition) is 3. The molecule has 0 bridgehead atoms. The molecule has 1 rings (SSSR count). The fourth-order valence-corrected chi connectivity index (χ4v) is 2.56. The van der Waals surface area contributed by atoms with Crippen molar-refractivity contribution < 1.29 is 8.42 Å². The van der Waals surface area contributed by atoms with E-state index in [9.17, 15) is 8.42 Å². The summed E-state index contributed by atoms with van der Waals surface area (Å²) in [5.74, 6) is 0.453. The minimum Gasteiger partial charge on any atom is -0.316 e. The Labute approximate surface area is 86.3 Å². The molecule has 0 aromatic carbocycles. The van der Waals surface area contributed by atoms with Crippen LogP contribution in [0.15, 0.2) is 0 Å². The smallest absolute Gasteiger partial charge is 0.281 e. The lowest BCUT2D eigenvalue weighted by atomic mass is 10.1. The molecule has 6 heteroatoms. The number of hydrogen-bond donors (Lipinski definition) is 1. The van der Waals surface area contributed by atoms with Crippen LogP contribution in [-0.4, -0.2) is 57.8 Å². The summed E-state index contributed by atoms with van der Waals surface area (Å²) >= 11 is 0. The molecule has 14 heavy (non-hydrogen) atoms. The molecular weight excluding hydrogens is 202 g/mol. The zero-order valence-electron chi connectivity index (χ0n) is 9.02. The molecule has 1 aliphatic rings. The van der Waals surface area contributed by atoms with Crippen LogP contribution in [0.4, 0.5) is 0 Å². The highest BCUT2D eigenvalue weighted by molar-refractivity contribution is 7.86. The molecule has 1 aliphatic heterocycles. The van der Waals surface area contributed by atoms with E-state index in [2.05, 4.69) is 5.32 Å². The molecule has 5 nitrogen and oxygen atoms in total. The first-order chi connectivity index (χ1) is 6.44. The van der Waals surface area contributed by atoms with Gasteiger partial charge >= 0.3 is 0 Å². The van der Waals surface area contributed by atoms with E-state index in [-0.39, 0.29) is 0 Å². The first kappa shape index (κ1) is 11.9. The van der Waals surface area contributed by atoms with Crippen LogP contribution in [0.2, 0.25) is 0 Å². The Morgan fingerprint density at radius 1 is 1.36 bits per heavy atom. The van der Waals surface area contributed by atoms with Crippen molar-refractivity contribution in [3.8, 4) is 0 Å². The van der Waals surface area contributed by atoms with Gasteiger partial charge in [-0.3, -0.25) is 0 Å². The topological polar surface area (TPSA) is 52.7 Å². The molecule has 0 aromatic heterocycles. The highest BCUT2D eigenvalue weighted by Crippen LogP contribution is 2.11.